The summed E-state index contributed by atoms with van der Waals surface area (Å²) < 4.78 is 1.84. The normalized spacial score (nSPS) is 11.4. The molecule has 8 heteroatoms. The van der Waals surface area contributed by atoms with Crippen molar-refractivity contribution in [2.75, 3.05) is 5.75 Å². The van der Waals surface area contributed by atoms with E-state index in [0.717, 1.165) is 16.8 Å². The van der Waals surface area contributed by atoms with Crippen LogP contribution in [-0.4, -0.2) is 32.1 Å². The highest BCUT2D eigenvalue weighted by Gasteiger charge is 2.13. The Labute approximate surface area is 166 Å². The first kappa shape index (κ1) is 19.1. The summed E-state index contributed by atoms with van der Waals surface area (Å²) >= 11 is 7.33. The molecule has 1 amide bonds. The summed E-state index contributed by atoms with van der Waals surface area (Å²) in [5.41, 5.74) is 5.15. The second kappa shape index (κ2) is 8.83. The number of carbonyl (C=O) groups is 1. The van der Waals surface area contributed by atoms with E-state index in [-0.39, 0.29) is 11.7 Å². The highest BCUT2D eigenvalue weighted by atomic mass is 35.5. The van der Waals surface area contributed by atoms with Crippen molar-refractivity contribution < 1.29 is 4.79 Å². The van der Waals surface area contributed by atoms with Gasteiger partial charge in [0, 0.05) is 17.6 Å². The highest BCUT2D eigenvalue weighted by Crippen LogP contribution is 2.24. The Balaban J connectivity index is 1.60. The molecule has 0 spiro atoms. The van der Waals surface area contributed by atoms with Crippen LogP contribution < -0.4 is 5.43 Å². The average Bonchev–Trinajstić information content (AvgIpc) is 3.05. The zero-order chi connectivity index (χ0) is 19.2. The van der Waals surface area contributed by atoms with Gasteiger partial charge in [-0.25, -0.2) is 5.43 Å². The molecule has 1 heterocycles. The largest absolute Gasteiger partial charge is 0.305 e. The molecule has 0 unspecified atom stereocenters. The first-order valence-corrected chi connectivity index (χ1v) is 9.57. The molecule has 2 aromatic carbocycles. The lowest BCUT2D eigenvalue weighted by atomic mass is 10.1. The van der Waals surface area contributed by atoms with Crippen LogP contribution in [-0.2, 0) is 11.8 Å². The lowest BCUT2D eigenvalue weighted by Gasteiger charge is -2.05. The van der Waals surface area contributed by atoms with Crippen LogP contribution in [0, 0.1) is 0 Å². The van der Waals surface area contributed by atoms with Crippen molar-refractivity contribution in [2.45, 2.75) is 12.1 Å². The van der Waals surface area contributed by atoms with Gasteiger partial charge in [-0.3, -0.25) is 4.79 Å². The van der Waals surface area contributed by atoms with E-state index < -0.39 is 0 Å². The van der Waals surface area contributed by atoms with Crippen molar-refractivity contribution in [3.8, 4) is 11.4 Å². The predicted molar refractivity (Wildman–Crippen MR) is 109 cm³/mol. The summed E-state index contributed by atoms with van der Waals surface area (Å²) in [6.45, 7) is 1.85. The smallest absolute Gasteiger partial charge is 0.250 e. The van der Waals surface area contributed by atoms with Crippen molar-refractivity contribution in [3.63, 3.8) is 0 Å². The Morgan fingerprint density at radius 3 is 2.70 bits per heavy atom. The molecule has 0 radical (unpaired) electrons. The lowest BCUT2D eigenvalue weighted by Crippen LogP contribution is -2.21. The first-order valence-electron chi connectivity index (χ1n) is 8.21. The van der Waals surface area contributed by atoms with Gasteiger partial charge in [-0.15, -0.1) is 10.2 Å². The third kappa shape index (κ3) is 4.96. The zero-order valence-electron chi connectivity index (χ0n) is 14.9. The van der Waals surface area contributed by atoms with Crippen molar-refractivity contribution in [1.82, 2.24) is 20.2 Å². The number of hydrazone groups is 1. The monoisotopic (exact) mass is 399 g/mol. The summed E-state index contributed by atoms with van der Waals surface area (Å²) in [6, 6.07) is 17.1. The van der Waals surface area contributed by atoms with Gasteiger partial charge in [-0.2, -0.15) is 5.10 Å². The Bertz CT molecular complexity index is 971. The van der Waals surface area contributed by atoms with Crippen LogP contribution >= 0.6 is 23.4 Å². The Morgan fingerprint density at radius 1 is 1.19 bits per heavy atom. The third-order valence-electron chi connectivity index (χ3n) is 3.79. The fourth-order valence-corrected chi connectivity index (χ4v) is 3.27. The molecule has 1 N–H and O–H groups in total. The number of amides is 1. The SMILES string of the molecule is C/C(=N/NC(=O)CSc1nnc(-c2cccc(Cl)c2)n1C)c1ccccc1. The van der Waals surface area contributed by atoms with Crippen LogP contribution in [0.1, 0.15) is 12.5 Å². The second-order valence-electron chi connectivity index (χ2n) is 5.76. The molecule has 27 heavy (non-hydrogen) atoms. The maximum atomic E-state index is 12.1. The number of rotatable bonds is 6. The number of hydrogen-bond acceptors (Lipinski definition) is 5. The minimum absolute atomic E-state index is 0.188. The van der Waals surface area contributed by atoms with Crippen LogP contribution in [0.2, 0.25) is 5.02 Å². The quantitative estimate of drug-likeness (QED) is 0.389. The van der Waals surface area contributed by atoms with Crippen LogP contribution in [0.4, 0.5) is 0 Å². The number of benzene rings is 2. The van der Waals surface area contributed by atoms with E-state index >= 15 is 0 Å². The molecule has 1 aromatic heterocycles. The van der Waals surface area contributed by atoms with Crippen molar-refractivity contribution in [1.29, 1.82) is 0 Å². The maximum absolute atomic E-state index is 12.1. The Morgan fingerprint density at radius 2 is 1.96 bits per heavy atom. The molecule has 0 aliphatic rings. The molecular formula is C19H18ClN5OS. The van der Waals surface area contributed by atoms with Crippen LogP contribution in [0.25, 0.3) is 11.4 Å². The van der Waals surface area contributed by atoms with Gasteiger partial charge < -0.3 is 4.57 Å². The number of nitrogens with one attached hydrogen (secondary N) is 1. The summed E-state index contributed by atoms with van der Waals surface area (Å²) in [7, 11) is 1.86. The van der Waals surface area contributed by atoms with Crippen LogP contribution in [0.15, 0.2) is 64.9 Å². The van der Waals surface area contributed by atoms with Gasteiger partial charge in [-0.05, 0) is 24.6 Å². The van der Waals surface area contributed by atoms with Gasteiger partial charge in [0.25, 0.3) is 5.91 Å². The van der Waals surface area contributed by atoms with Crippen LogP contribution in [0.3, 0.4) is 0 Å². The molecule has 0 saturated heterocycles. The van der Waals surface area contributed by atoms with E-state index in [1.165, 1.54) is 11.8 Å². The topological polar surface area (TPSA) is 72.2 Å². The molecule has 0 aliphatic carbocycles. The average molecular weight is 400 g/mol. The molecule has 3 aromatic rings. The van der Waals surface area contributed by atoms with Gasteiger partial charge in [0.15, 0.2) is 11.0 Å². The molecule has 3 rings (SSSR count). The van der Waals surface area contributed by atoms with Crippen molar-refractivity contribution >= 4 is 35.0 Å². The summed E-state index contributed by atoms with van der Waals surface area (Å²) in [4.78, 5) is 12.1. The van der Waals surface area contributed by atoms with E-state index in [4.69, 9.17) is 11.6 Å². The zero-order valence-corrected chi connectivity index (χ0v) is 16.5. The van der Waals surface area contributed by atoms with E-state index in [1.807, 2.05) is 67.1 Å². The maximum Gasteiger partial charge on any atom is 0.250 e. The number of halogens is 1. The van der Waals surface area contributed by atoms with Gasteiger partial charge in [0.05, 0.1) is 11.5 Å². The number of hydrogen-bond donors (Lipinski definition) is 1. The second-order valence-corrected chi connectivity index (χ2v) is 7.14. The fourth-order valence-electron chi connectivity index (χ4n) is 2.37. The van der Waals surface area contributed by atoms with Gasteiger partial charge >= 0.3 is 0 Å². The molecular weight excluding hydrogens is 382 g/mol. The van der Waals surface area contributed by atoms with E-state index in [9.17, 15) is 4.79 Å². The Hall–Kier alpha value is -2.64. The van der Waals surface area contributed by atoms with Crippen molar-refractivity contribution in [3.05, 3.63) is 65.2 Å². The lowest BCUT2D eigenvalue weighted by molar-refractivity contribution is -0.118. The van der Waals surface area contributed by atoms with Crippen molar-refractivity contribution in [2.24, 2.45) is 12.1 Å². The minimum atomic E-state index is -0.206. The van der Waals surface area contributed by atoms with Gasteiger partial charge in [0.2, 0.25) is 0 Å². The van der Waals surface area contributed by atoms with E-state index in [1.54, 1.807) is 6.07 Å². The van der Waals surface area contributed by atoms with E-state index in [2.05, 4.69) is 20.7 Å². The third-order valence-corrected chi connectivity index (χ3v) is 5.05. The summed E-state index contributed by atoms with van der Waals surface area (Å²) in [5.74, 6) is 0.675. The first-order chi connectivity index (χ1) is 13.0. The number of carbonyl (C=O) groups excluding carboxylic acids is 1. The molecule has 138 valence electrons. The molecule has 0 saturated carbocycles. The van der Waals surface area contributed by atoms with Gasteiger partial charge in [0.1, 0.15) is 0 Å². The molecule has 0 fully saturated rings. The van der Waals surface area contributed by atoms with E-state index in [0.29, 0.717) is 16.0 Å². The standard InChI is InChI=1S/C19H18ClN5OS/c1-13(14-7-4-3-5-8-14)21-22-17(26)12-27-19-24-23-18(25(19)2)15-9-6-10-16(20)11-15/h3-11H,12H2,1-2H3,(H,22,26)/b21-13-. The summed E-state index contributed by atoms with van der Waals surface area (Å²) in [5, 5.41) is 13.8. The molecule has 0 bridgehead atoms. The highest BCUT2D eigenvalue weighted by molar-refractivity contribution is 7.99. The van der Waals surface area contributed by atoms with Crippen LogP contribution in [0.5, 0.6) is 0 Å². The minimum Gasteiger partial charge on any atom is -0.305 e. The fraction of sp³-hybridized carbons (Fsp3) is 0.158. The number of aromatic nitrogens is 3. The Kier molecular flexibility index (Phi) is 6.26. The number of thioether (sulfide) groups is 1. The summed E-state index contributed by atoms with van der Waals surface area (Å²) in [6.07, 6.45) is 0. The molecule has 6 nitrogen and oxygen atoms in total. The number of nitrogens with zero attached hydrogens (tertiary/aromatic N) is 4. The molecule has 0 aliphatic heterocycles. The molecule has 0 atom stereocenters. The predicted octanol–water partition coefficient (Wildman–Crippen LogP) is 3.77. The van der Waals surface area contributed by atoms with Gasteiger partial charge in [-0.1, -0.05) is 65.8 Å².